The number of imide groups is 1. The van der Waals surface area contributed by atoms with E-state index in [1.54, 1.807) is 0 Å². The normalized spacial score (nSPS) is 20.3. The lowest BCUT2D eigenvalue weighted by molar-refractivity contribution is -0.384. The number of nitro groups is 1. The summed E-state index contributed by atoms with van der Waals surface area (Å²) in [5.41, 5.74) is -0.214. The number of amides is 2. The maximum atomic E-state index is 13.7. The Balaban J connectivity index is 0.988. The lowest BCUT2D eigenvalue weighted by atomic mass is 9.68. The molecule has 0 radical (unpaired) electrons. The van der Waals surface area contributed by atoms with Gasteiger partial charge in [-0.1, -0.05) is 25.0 Å². The van der Waals surface area contributed by atoms with Crippen LogP contribution in [-0.4, -0.2) is 76.1 Å². The number of piperazine rings is 1. The van der Waals surface area contributed by atoms with Gasteiger partial charge in [0.1, 0.15) is 18.3 Å². The third-order valence-electron chi connectivity index (χ3n) is 9.41. The minimum atomic E-state index is -1.09. The first-order chi connectivity index (χ1) is 21.8. The summed E-state index contributed by atoms with van der Waals surface area (Å²) in [6, 6.07) is 14.0. The molecule has 3 aliphatic rings. The number of anilines is 1. The highest BCUT2D eigenvalue weighted by atomic mass is 32.1. The van der Waals surface area contributed by atoms with E-state index in [9.17, 15) is 24.5 Å². The third-order valence-corrected chi connectivity index (χ3v) is 10.2. The molecule has 2 amide bonds. The highest BCUT2D eigenvalue weighted by Crippen LogP contribution is 2.51. The van der Waals surface area contributed by atoms with Crippen LogP contribution in [0.4, 0.5) is 11.5 Å². The average molecular weight is 636 g/mol. The number of hydrogen-bond donors (Lipinski definition) is 0. The van der Waals surface area contributed by atoms with Gasteiger partial charge < -0.3 is 4.90 Å². The van der Waals surface area contributed by atoms with Gasteiger partial charge in [-0.15, -0.1) is 0 Å². The van der Waals surface area contributed by atoms with Gasteiger partial charge in [0.05, 0.1) is 9.62 Å². The highest BCUT2D eigenvalue weighted by molar-refractivity contribution is 7.13. The van der Waals surface area contributed by atoms with E-state index >= 15 is 0 Å². The number of rotatable bonds is 11. The van der Waals surface area contributed by atoms with Crippen LogP contribution < -0.4 is 4.90 Å². The molecule has 3 heterocycles. The van der Waals surface area contributed by atoms with Crippen molar-refractivity contribution in [3.05, 3.63) is 64.2 Å². The largest absolute Gasteiger partial charge is 0.355 e. The number of nitrogens with zero attached hydrogens (tertiary/aromatic N) is 5. The number of aromatic nitrogens is 1. The SMILES string of the molecule is O=C(OOCc1ccc([N+](=O)[O-])cc1)C1C(=O)N(CCCCN2CCN(c3nsc4ccccc34)CC2)C(=O)CC12CCCC2. The number of fused-ring (bicyclic) bond motifs is 1. The standard InChI is InChI=1S/C32H37N5O7S/c38-27-21-32(13-3-4-14-32)28(31(40)44-43-22-23-9-11-24(12-10-23)37(41)42)30(39)36(27)16-6-5-15-34-17-19-35(20-18-34)29-25-7-1-2-8-26(25)45-33-29/h1-2,7-12,28H,3-6,13-22H2. The molecule has 12 nitrogen and oxygen atoms in total. The predicted octanol–water partition coefficient (Wildman–Crippen LogP) is 4.72. The van der Waals surface area contributed by atoms with Crippen molar-refractivity contribution < 1.29 is 29.1 Å². The Morgan fingerprint density at radius 3 is 2.44 bits per heavy atom. The second-order valence-electron chi connectivity index (χ2n) is 12.2. The number of carbonyl (C=O) groups is 3. The fraction of sp³-hybridized carbons (Fsp3) is 0.500. The van der Waals surface area contributed by atoms with Crippen molar-refractivity contribution in [2.24, 2.45) is 11.3 Å². The Labute approximate surface area is 265 Å². The lowest BCUT2D eigenvalue weighted by Crippen LogP contribution is -2.56. The summed E-state index contributed by atoms with van der Waals surface area (Å²) in [5, 5.41) is 12.1. The van der Waals surface area contributed by atoms with Gasteiger partial charge in [-0.05, 0) is 73.6 Å². The molecule has 2 aromatic carbocycles. The predicted molar refractivity (Wildman–Crippen MR) is 167 cm³/mol. The van der Waals surface area contributed by atoms with E-state index in [1.165, 1.54) is 50.8 Å². The van der Waals surface area contributed by atoms with E-state index in [1.807, 2.05) is 12.1 Å². The molecule has 13 heteroatoms. The molecule has 238 valence electrons. The fourth-order valence-electron chi connectivity index (χ4n) is 6.98. The van der Waals surface area contributed by atoms with E-state index < -0.39 is 28.1 Å². The zero-order valence-corrected chi connectivity index (χ0v) is 25.9. The Morgan fingerprint density at radius 1 is 1.00 bits per heavy atom. The van der Waals surface area contributed by atoms with Crippen LogP contribution in [0.5, 0.6) is 0 Å². The summed E-state index contributed by atoms with van der Waals surface area (Å²) in [6.07, 6.45) is 4.55. The number of carbonyl (C=O) groups excluding carboxylic acids is 3. The van der Waals surface area contributed by atoms with Gasteiger partial charge in [-0.2, -0.15) is 9.26 Å². The molecule has 1 spiro atoms. The van der Waals surface area contributed by atoms with E-state index in [-0.39, 0.29) is 31.2 Å². The van der Waals surface area contributed by atoms with Crippen LogP contribution >= 0.6 is 11.5 Å². The molecule has 2 saturated heterocycles. The van der Waals surface area contributed by atoms with Crippen molar-refractivity contribution in [2.75, 3.05) is 44.2 Å². The van der Waals surface area contributed by atoms with Gasteiger partial charge in [-0.3, -0.25) is 34.4 Å². The van der Waals surface area contributed by atoms with Crippen LogP contribution in [0.1, 0.15) is 50.5 Å². The fourth-order valence-corrected chi connectivity index (χ4v) is 7.77. The maximum Gasteiger partial charge on any atom is 0.355 e. The molecular formula is C32H37N5O7S. The van der Waals surface area contributed by atoms with Gasteiger partial charge in [0.15, 0.2) is 0 Å². The molecule has 0 N–H and O–H groups in total. The summed E-state index contributed by atoms with van der Waals surface area (Å²) in [7, 11) is 0. The Kier molecular flexibility index (Phi) is 9.38. The van der Waals surface area contributed by atoms with Gasteiger partial charge >= 0.3 is 5.97 Å². The van der Waals surface area contributed by atoms with E-state index in [4.69, 9.17) is 9.78 Å². The van der Waals surface area contributed by atoms with Crippen molar-refractivity contribution in [3.8, 4) is 0 Å². The Morgan fingerprint density at radius 2 is 1.71 bits per heavy atom. The number of non-ortho nitro benzene ring substituents is 1. The topological polar surface area (TPSA) is 135 Å². The zero-order chi connectivity index (χ0) is 31.4. The Hall–Kier alpha value is -3.94. The van der Waals surface area contributed by atoms with E-state index in [0.29, 0.717) is 24.8 Å². The van der Waals surface area contributed by atoms with Crippen LogP contribution in [0.15, 0.2) is 48.5 Å². The number of piperidine rings is 1. The van der Waals surface area contributed by atoms with Crippen LogP contribution in [0.25, 0.3) is 10.1 Å². The molecule has 0 bridgehead atoms. The molecular weight excluding hydrogens is 598 g/mol. The van der Waals surface area contributed by atoms with Crippen LogP contribution in [0.2, 0.25) is 0 Å². The van der Waals surface area contributed by atoms with Gasteiger partial charge in [0.25, 0.3) is 5.69 Å². The van der Waals surface area contributed by atoms with Crippen LogP contribution in [0, 0.1) is 21.4 Å². The van der Waals surface area contributed by atoms with Crippen molar-refractivity contribution in [1.29, 1.82) is 0 Å². The van der Waals surface area contributed by atoms with Crippen LogP contribution in [0.3, 0.4) is 0 Å². The molecule has 1 aromatic heterocycles. The second-order valence-corrected chi connectivity index (χ2v) is 13.0. The minimum Gasteiger partial charge on any atom is -0.353 e. The van der Waals surface area contributed by atoms with Gasteiger partial charge in [-0.25, -0.2) is 4.79 Å². The van der Waals surface area contributed by atoms with E-state index in [2.05, 4.69) is 26.3 Å². The summed E-state index contributed by atoms with van der Waals surface area (Å²) < 4.78 is 5.88. The first-order valence-corrected chi connectivity index (χ1v) is 16.3. The molecule has 1 saturated carbocycles. The first kappa shape index (κ1) is 31.1. The zero-order valence-electron chi connectivity index (χ0n) is 25.1. The van der Waals surface area contributed by atoms with Gasteiger partial charge in [0.2, 0.25) is 11.8 Å². The molecule has 3 aromatic rings. The quantitative estimate of drug-likeness (QED) is 0.0727. The molecule has 1 aliphatic carbocycles. The van der Waals surface area contributed by atoms with Crippen molar-refractivity contribution in [3.63, 3.8) is 0 Å². The summed E-state index contributed by atoms with van der Waals surface area (Å²) in [5.74, 6) is -1.54. The van der Waals surface area contributed by atoms with Crippen LogP contribution in [-0.2, 0) is 30.8 Å². The average Bonchev–Trinajstić information content (AvgIpc) is 3.69. The Bertz CT molecular complexity index is 1550. The monoisotopic (exact) mass is 635 g/mol. The van der Waals surface area contributed by atoms with Crippen molar-refractivity contribution in [2.45, 2.75) is 51.6 Å². The number of unbranched alkanes of at least 4 members (excludes halogenated alkanes) is 1. The number of hydrogen-bond acceptors (Lipinski definition) is 11. The molecule has 3 fully saturated rings. The number of benzene rings is 2. The second kappa shape index (κ2) is 13.6. The van der Waals surface area contributed by atoms with Gasteiger partial charge in [0, 0.05) is 62.1 Å². The lowest BCUT2D eigenvalue weighted by Gasteiger charge is -2.42. The number of likely N-dealkylation sites (tertiary alicyclic amines) is 1. The van der Waals surface area contributed by atoms with E-state index in [0.717, 1.165) is 57.8 Å². The summed E-state index contributed by atoms with van der Waals surface area (Å²) in [4.78, 5) is 66.8. The molecule has 45 heavy (non-hydrogen) atoms. The molecule has 1 unspecified atom stereocenters. The molecule has 2 aliphatic heterocycles. The summed E-state index contributed by atoms with van der Waals surface area (Å²) in [6.45, 7) is 4.66. The molecule has 6 rings (SSSR count). The minimum absolute atomic E-state index is 0.0560. The van der Waals surface area contributed by atoms with Crippen molar-refractivity contribution in [1.82, 2.24) is 14.2 Å². The summed E-state index contributed by atoms with van der Waals surface area (Å²) >= 11 is 1.53. The first-order valence-electron chi connectivity index (χ1n) is 15.6. The maximum absolute atomic E-state index is 13.7. The number of nitro benzene ring substituents is 1. The highest BCUT2D eigenvalue weighted by Gasteiger charge is 2.57. The smallest absolute Gasteiger partial charge is 0.353 e. The third kappa shape index (κ3) is 6.70. The van der Waals surface area contributed by atoms with Crippen molar-refractivity contribution >= 4 is 50.9 Å². The molecule has 1 atom stereocenters.